The van der Waals surface area contributed by atoms with Crippen molar-refractivity contribution < 1.29 is 4.79 Å². The van der Waals surface area contributed by atoms with Crippen molar-refractivity contribution in [3.63, 3.8) is 0 Å². The Balaban J connectivity index is 2.79. The van der Waals surface area contributed by atoms with Crippen LogP contribution in [0.5, 0.6) is 0 Å². The molecule has 0 radical (unpaired) electrons. The molecule has 3 heteroatoms. The minimum atomic E-state index is -0.135. The first kappa shape index (κ1) is 15.5. The highest BCUT2D eigenvalue weighted by atomic mass is 16.2. The van der Waals surface area contributed by atoms with Crippen LogP contribution in [0, 0.1) is 17.3 Å². The summed E-state index contributed by atoms with van der Waals surface area (Å²) in [5.41, 5.74) is -0.135. The zero-order valence-electron chi connectivity index (χ0n) is 12.8. The van der Waals surface area contributed by atoms with Gasteiger partial charge in [-0.25, -0.2) is 0 Å². The van der Waals surface area contributed by atoms with E-state index in [-0.39, 0.29) is 5.41 Å². The number of amides is 1. The zero-order valence-corrected chi connectivity index (χ0v) is 12.8. The first-order valence-corrected chi connectivity index (χ1v) is 7.41. The highest BCUT2D eigenvalue weighted by Gasteiger charge is 2.42. The lowest BCUT2D eigenvalue weighted by molar-refractivity contribution is -0.142. The largest absolute Gasteiger partial charge is 0.342 e. The smallest absolute Gasteiger partial charge is 0.230 e. The number of carbonyl (C=O) groups excluding carboxylic acids is 1. The van der Waals surface area contributed by atoms with Crippen LogP contribution < -0.4 is 5.32 Å². The maximum absolute atomic E-state index is 12.9. The highest BCUT2D eigenvalue weighted by molar-refractivity contribution is 5.83. The Hall–Kier alpha value is -0.570. The topological polar surface area (TPSA) is 32.3 Å². The Morgan fingerprint density at radius 2 is 1.78 bits per heavy atom. The van der Waals surface area contributed by atoms with Crippen LogP contribution in [0.4, 0.5) is 0 Å². The van der Waals surface area contributed by atoms with Gasteiger partial charge in [0.25, 0.3) is 0 Å². The number of hydrogen-bond acceptors (Lipinski definition) is 2. The normalized spacial score (nSPS) is 23.9. The van der Waals surface area contributed by atoms with Crippen molar-refractivity contribution >= 4 is 5.91 Å². The fourth-order valence-corrected chi connectivity index (χ4v) is 2.84. The molecule has 0 spiro atoms. The summed E-state index contributed by atoms with van der Waals surface area (Å²) in [4.78, 5) is 15.0. The SMILES string of the molecule is CCC1(C(=O)N(CC(C)C)CC(C)C)CCNC1. The maximum atomic E-state index is 12.9. The van der Waals surface area contributed by atoms with Crippen molar-refractivity contribution in [3.8, 4) is 0 Å². The number of carbonyl (C=O) groups is 1. The molecule has 0 bridgehead atoms. The molecule has 1 aliphatic heterocycles. The summed E-state index contributed by atoms with van der Waals surface area (Å²) in [7, 11) is 0. The monoisotopic (exact) mass is 254 g/mol. The fraction of sp³-hybridized carbons (Fsp3) is 0.933. The maximum Gasteiger partial charge on any atom is 0.230 e. The fourth-order valence-electron chi connectivity index (χ4n) is 2.84. The molecule has 1 fully saturated rings. The van der Waals surface area contributed by atoms with Crippen LogP contribution in [-0.4, -0.2) is 37.0 Å². The van der Waals surface area contributed by atoms with Crippen LogP contribution in [0.3, 0.4) is 0 Å². The van der Waals surface area contributed by atoms with Crippen molar-refractivity contribution in [2.24, 2.45) is 17.3 Å². The lowest BCUT2D eigenvalue weighted by Gasteiger charge is -2.35. The van der Waals surface area contributed by atoms with Gasteiger partial charge in [0.15, 0.2) is 0 Å². The van der Waals surface area contributed by atoms with Crippen LogP contribution >= 0.6 is 0 Å². The molecule has 0 aromatic heterocycles. The molecule has 0 aromatic carbocycles. The van der Waals surface area contributed by atoms with Gasteiger partial charge in [-0.2, -0.15) is 0 Å². The first-order chi connectivity index (χ1) is 8.41. The molecule has 1 amide bonds. The van der Waals surface area contributed by atoms with Gasteiger partial charge in [-0.3, -0.25) is 4.79 Å². The Morgan fingerprint density at radius 1 is 1.22 bits per heavy atom. The average molecular weight is 254 g/mol. The van der Waals surface area contributed by atoms with E-state index in [1.54, 1.807) is 0 Å². The van der Waals surface area contributed by atoms with Crippen molar-refractivity contribution in [1.29, 1.82) is 0 Å². The predicted octanol–water partition coefficient (Wildman–Crippen LogP) is 2.52. The van der Waals surface area contributed by atoms with Gasteiger partial charge in [0.1, 0.15) is 0 Å². The number of nitrogens with one attached hydrogen (secondary N) is 1. The minimum Gasteiger partial charge on any atom is -0.342 e. The molecule has 1 unspecified atom stereocenters. The Morgan fingerprint density at radius 3 is 2.11 bits per heavy atom. The van der Waals surface area contributed by atoms with Crippen LogP contribution in [0.2, 0.25) is 0 Å². The summed E-state index contributed by atoms with van der Waals surface area (Å²) in [5, 5.41) is 3.36. The van der Waals surface area contributed by atoms with Gasteiger partial charge in [0, 0.05) is 19.6 Å². The molecular weight excluding hydrogens is 224 g/mol. The minimum absolute atomic E-state index is 0.135. The predicted molar refractivity (Wildman–Crippen MR) is 76.5 cm³/mol. The Labute approximate surface area is 112 Å². The van der Waals surface area contributed by atoms with Crippen molar-refractivity contribution in [1.82, 2.24) is 10.2 Å². The standard InChI is InChI=1S/C15H30N2O/c1-6-15(7-8-16-11-15)14(18)17(9-12(2)3)10-13(4)5/h12-13,16H,6-11H2,1-5H3. The molecule has 0 aliphatic carbocycles. The Bertz CT molecular complexity index is 258. The summed E-state index contributed by atoms with van der Waals surface area (Å²) in [5.74, 6) is 1.45. The van der Waals surface area contributed by atoms with Crippen LogP contribution in [0.25, 0.3) is 0 Å². The van der Waals surface area contributed by atoms with Crippen LogP contribution in [0.15, 0.2) is 0 Å². The molecule has 18 heavy (non-hydrogen) atoms. The van der Waals surface area contributed by atoms with E-state index in [9.17, 15) is 4.79 Å². The molecule has 1 N–H and O–H groups in total. The molecule has 1 saturated heterocycles. The molecule has 0 aromatic rings. The van der Waals surface area contributed by atoms with Gasteiger partial charge in [0.05, 0.1) is 5.41 Å². The molecule has 1 atom stereocenters. The summed E-state index contributed by atoms with van der Waals surface area (Å²) >= 11 is 0. The summed E-state index contributed by atoms with van der Waals surface area (Å²) in [6, 6.07) is 0. The van der Waals surface area contributed by atoms with E-state index in [2.05, 4.69) is 44.8 Å². The summed E-state index contributed by atoms with van der Waals surface area (Å²) in [6.07, 6.45) is 1.94. The van der Waals surface area contributed by atoms with E-state index < -0.39 is 0 Å². The van der Waals surface area contributed by atoms with E-state index in [0.29, 0.717) is 17.7 Å². The summed E-state index contributed by atoms with van der Waals surface area (Å²) < 4.78 is 0. The third kappa shape index (κ3) is 3.71. The molecule has 1 rings (SSSR count). The van der Waals surface area contributed by atoms with Gasteiger partial charge in [-0.05, 0) is 31.2 Å². The van der Waals surface area contributed by atoms with Crippen molar-refractivity contribution in [3.05, 3.63) is 0 Å². The Kier molecular flexibility index (Phi) is 5.64. The zero-order chi connectivity index (χ0) is 13.8. The average Bonchev–Trinajstić information content (AvgIpc) is 2.75. The molecular formula is C15H30N2O. The van der Waals surface area contributed by atoms with E-state index >= 15 is 0 Å². The lowest BCUT2D eigenvalue weighted by atomic mass is 9.82. The van der Waals surface area contributed by atoms with E-state index in [0.717, 1.165) is 39.0 Å². The summed E-state index contributed by atoms with van der Waals surface area (Å²) in [6.45, 7) is 14.5. The third-order valence-electron chi connectivity index (χ3n) is 3.83. The van der Waals surface area contributed by atoms with Gasteiger partial charge in [-0.15, -0.1) is 0 Å². The van der Waals surface area contributed by atoms with Crippen molar-refractivity contribution in [2.45, 2.75) is 47.5 Å². The first-order valence-electron chi connectivity index (χ1n) is 7.41. The molecule has 1 heterocycles. The van der Waals surface area contributed by atoms with Gasteiger partial charge >= 0.3 is 0 Å². The van der Waals surface area contributed by atoms with E-state index in [4.69, 9.17) is 0 Å². The third-order valence-corrected chi connectivity index (χ3v) is 3.83. The molecule has 0 saturated carbocycles. The van der Waals surface area contributed by atoms with Gasteiger partial charge in [-0.1, -0.05) is 34.6 Å². The lowest BCUT2D eigenvalue weighted by Crippen LogP contribution is -2.47. The van der Waals surface area contributed by atoms with Crippen LogP contribution in [0.1, 0.15) is 47.5 Å². The van der Waals surface area contributed by atoms with Gasteiger partial charge in [0.2, 0.25) is 5.91 Å². The number of rotatable bonds is 6. The second-order valence-electron chi connectivity index (χ2n) is 6.56. The highest BCUT2D eigenvalue weighted by Crippen LogP contribution is 2.32. The van der Waals surface area contributed by atoms with E-state index in [1.165, 1.54) is 0 Å². The van der Waals surface area contributed by atoms with Gasteiger partial charge < -0.3 is 10.2 Å². The van der Waals surface area contributed by atoms with Crippen LogP contribution in [-0.2, 0) is 4.79 Å². The van der Waals surface area contributed by atoms with E-state index in [1.807, 2.05) is 0 Å². The molecule has 3 nitrogen and oxygen atoms in total. The second kappa shape index (κ2) is 6.55. The number of nitrogens with zero attached hydrogens (tertiary/aromatic N) is 1. The molecule has 1 aliphatic rings. The molecule has 106 valence electrons. The van der Waals surface area contributed by atoms with Crippen molar-refractivity contribution in [2.75, 3.05) is 26.2 Å². The number of hydrogen-bond donors (Lipinski definition) is 1. The quantitative estimate of drug-likeness (QED) is 0.790. The second-order valence-corrected chi connectivity index (χ2v) is 6.56.